The Morgan fingerprint density at radius 1 is 1.63 bits per heavy atom. The van der Waals surface area contributed by atoms with Gasteiger partial charge < -0.3 is 15.0 Å². The summed E-state index contributed by atoms with van der Waals surface area (Å²) in [6.07, 6.45) is 1.81. The maximum atomic E-state index is 12.0. The fourth-order valence-electron chi connectivity index (χ4n) is 1.77. The lowest BCUT2D eigenvalue weighted by atomic mass is 10.1. The lowest BCUT2D eigenvalue weighted by Crippen LogP contribution is -2.38. The van der Waals surface area contributed by atoms with Crippen molar-refractivity contribution in [2.45, 2.75) is 12.5 Å². The SMILES string of the molecule is Cn1cc(Br)cc1C(=O)NCC(C)(O)c1cccs1. The number of amides is 1. The fourth-order valence-corrected chi connectivity index (χ4v) is 3.08. The number of nitrogens with one attached hydrogen (secondary N) is 1. The number of hydrogen-bond donors (Lipinski definition) is 2. The van der Waals surface area contributed by atoms with E-state index in [1.165, 1.54) is 11.3 Å². The topological polar surface area (TPSA) is 54.3 Å². The van der Waals surface area contributed by atoms with E-state index in [2.05, 4.69) is 21.2 Å². The summed E-state index contributed by atoms with van der Waals surface area (Å²) < 4.78 is 2.59. The van der Waals surface area contributed by atoms with Crippen LogP contribution in [0.4, 0.5) is 0 Å². The zero-order valence-electron chi connectivity index (χ0n) is 10.7. The molecule has 0 aromatic carbocycles. The summed E-state index contributed by atoms with van der Waals surface area (Å²) in [5.41, 5.74) is -0.500. The molecular weight excluding hydrogens is 328 g/mol. The van der Waals surface area contributed by atoms with Crippen molar-refractivity contribution in [3.8, 4) is 0 Å². The zero-order chi connectivity index (χ0) is 14.0. The van der Waals surface area contributed by atoms with Crippen molar-refractivity contribution >= 4 is 33.2 Å². The van der Waals surface area contributed by atoms with E-state index >= 15 is 0 Å². The van der Waals surface area contributed by atoms with Gasteiger partial charge in [-0.2, -0.15) is 0 Å². The third-order valence-corrected chi connectivity index (χ3v) is 4.41. The number of aryl methyl sites for hydroxylation is 1. The van der Waals surface area contributed by atoms with Crippen molar-refractivity contribution in [1.82, 2.24) is 9.88 Å². The van der Waals surface area contributed by atoms with Gasteiger partial charge in [0.2, 0.25) is 0 Å². The lowest BCUT2D eigenvalue weighted by Gasteiger charge is -2.22. The Morgan fingerprint density at radius 2 is 2.37 bits per heavy atom. The van der Waals surface area contributed by atoms with Crippen molar-refractivity contribution in [3.63, 3.8) is 0 Å². The molecule has 2 N–H and O–H groups in total. The number of nitrogens with zero attached hydrogens (tertiary/aromatic N) is 1. The van der Waals surface area contributed by atoms with Gasteiger partial charge in [-0.25, -0.2) is 0 Å². The first-order valence-corrected chi connectivity index (χ1v) is 7.44. The number of aromatic nitrogens is 1. The maximum absolute atomic E-state index is 12.0. The molecule has 1 unspecified atom stereocenters. The van der Waals surface area contributed by atoms with E-state index in [1.807, 2.05) is 23.7 Å². The molecule has 0 fully saturated rings. The first-order valence-electron chi connectivity index (χ1n) is 5.76. The van der Waals surface area contributed by atoms with Gasteiger partial charge in [-0.1, -0.05) is 6.07 Å². The fraction of sp³-hybridized carbons (Fsp3) is 0.308. The normalized spacial score (nSPS) is 14.1. The second-order valence-corrected chi connectivity index (χ2v) is 6.45. The van der Waals surface area contributed by atoms with Crippen LogP contribution in [0.15, 0.2) is 34.2 Å². The van der Waals surface area contributed by atoms with Crippen LogP contribution in [0, 0.1) is 0 Å². The average Bonchev–Trinajstić information content (AvgIpc) is 2.96. The van der Waals surface area contributed by atoms with Crippen LogP contribution in [0.1, 0.15) is 22.3 Å². The van der Waals surface area contributed by atoms with Crippen LogP contribution in [0.2, 0.25) is 0 Å². The van der Waals surface area contributed by atoms with Crippen molar-refractivity contribution in [2.75, 3.05) is 6.54 Å². The standard InChI is InChI=1S/C13H15BrN2O2S/c1-13(18,11-4-3-5-19-11)8-15-12(17)10-6-9(14)7-16(10)2/h3-7,18H,8H2,1-2H3,(H,15,17). The Bertz CT molecular complexity index is 575. The number of thiophene rings is 1. The first-order chi connectivity index (χ1) is 8.90. The predicted octanol–water partition coefficient (Wildman–Crippen LogP) is 2.49. The molecule has 0 spiro atoms. The predicted molar refractivity (Wildman–Crippen MR) is 79.3 cm³/mol. The Labute approximate surface area is 124 Å². The molecule has 0 saturated heterocycles. The van der Waals surface area contributed by atoms with Crippen LogP contribution in [0.25, 0.3) is 0 Å². The number of hydrogen-bond acceptors (Lipinski definition) is 3. The van der Waals surface area contributed by atoms with Crippen molar-refractivity contribution in [2.24, 2.45) is 7.05 Å². The molecule has 0 aliphatic heterocycles. The highest BCUT2D eigenvalue weighted by Gasteiger charge is 2.25. The molecule has 2 aromatic rings. The largest absolute Gasteiger partial charge is 0.383 e. The Morgan fingerprint density at radius 3 is 2.89 bits per heavy atom. The van der Waals surface area contributed by atoms with E-state index in [0.29, 0.717) is 5.69 Å². The van der Waals surface area contributed by atoms with Gasteiger partial charge in [-0.15, -0.1) is 11.3 Å². The second-order valence-electron chi connectivity index (χ2n) is 4.59. The molecule has 2 aromatic heterocycles. The molecule has 1 atom stereocenters. The van der Waals surface area contributed by atoms with Gasteiger partial charge in [0, 0.05) is 22.6 Å². The van der Waals surface area contributed by atoms with Gasteiger partial charge in [0.25, 0.3) is 5.91 Å². The third-order valence-electron chi connectivity index (χ3n) is 2.85. The summed E-state index contributed by atoms with van der Waals surface area (Å²) in [7, 11) is 1.80. The smallest absolute Gasteiger partial charge is 0.268 e. The summed E-state index contributed by atoms with van der Waals surface area (Å²) in [6, 6.07) is 5.48. The van der Waals surface area contributed by atoms with Crippen molar-refractivity contribution in [3.05, 3.63) is 44.8 Å². The molecule has 19 heavy (non-hydrogen) atoms. The van der Waals surface area contributed by atoms with Crippen LogP contribution >= 0.6 is 27.3 Å². The summed E-state index contributed by atoms with van der Waals surface area (Å²) in [5.74, 6) is -0.204. The highest BCUT2D eigenvalue weighted by atomic mass is 79.9. The summed E-state index contributed by atoms with van der Waals surface area (Å²) in [6.45, 7) is 1.87. The van der Waals surface area contributed by atoms with E-state index in [9.17, 15) is 9.90 Å². The van der Waals surface area contributed by atoms with Gasteiger partial charge >= 0.3 is 0 Å². The average molecular weight is 343 g/mol. The van der Waals surface area contributed by atoms with Gasteiger partial charge in [0.15, 0.2) is 0 Å². The molecular formula is C13H15BrN2O2S. The van der Waals surface area contributed by atoms with E-state index in [1.54, 1.807) is 24.6 Å². The number of aliphatic hydroxyl groups is 1. The highest BCUT2D eigenvalue weighted by molar-refractivity contribution is 9.10. The van der Waals surface area contributed by atoms with Crippen LogP contribution < -0.4 is 5.32 Å². The molecule has 6 heteroatoms. The van der Waals surface area contributed by atoms with E-state index in [-0.39, 0.29) is 12.5 Å². The molecule has 0 aliphatic carbocycles. The second kappa shape index (κ2) is 5.48. The minimum atomic E-state index is -1.05. The number of rotatable bonds is 4. The van der Waals surface area contributed by atoms with Gasteiger partial charge in [0.1, 0.15) is 11.3 Å². The Balaban J connectivity index is 2.03. The summed E-state index contributed by atoms with van der Waals surface area (Å²) in [4.78, 5) is 12.9. The summed E-state index contributed by atoms with van der Waals surface area (Å²) in [5, 5.41) is 15.0. The van der Waals surface area contributed by atoms with Crippen molar-refractivity contribution < 1.29 is 9.90 Å². The zero-order valence-corrected chi connectivity index (χ0v) is 13.1. The minimum Gasteiger partial charge on any atom is -0.383 e. The Kier molecular flexibility index (Phi) is 4.13. The van der Waals surface area contributed by atoms with Crippen LogP contribution in [-0.2, 0) is 12.6 Å². The molecule has 0 aliphatic rings. The van der Waals surface area contributed by atoms with Crippen LogP contribution in [-0.4, -0.2) is 22.1 Å². The monoisotopic (exact) mass is 342 g/mol. The van der Waals surface area contributed by atoms with Gasteiger partial charge in [-0.3, -0.25) is 4.79 Å². The molecule has 2 rings (SSSR count). The number of carbonyl (C=O) groups is 1. The summed E-state index contributed by atoms with van der Waals surface area (Å²) >= 11 is 4.80. The molecule has 0 saturated carbocycles. The molecule has 102 valence electrons. The van der Waals surface area contributed by atoms with Crippen LogP contribution in [0.5, 0.6) is 0 Å². The maximum Gasteiger partial charge on any atom is 0.268 e. The lowest BCUT2D eigenvalue weighted by molar-refractivity contribution is 0.0554. The van der Waals surface area contributed by atoms with Gasteiger partial charge in [-0.05, 0) is 40.4 Å². The molecule has 2 heterocycles. The highest BCUT2D eigenvalue weighted by Crippen LogP contribution is 2.24. The molecule has 4 nitrogen and oxygen atoms in total. The van der Waals surface area contributed by atoms with E-state index in [4.69, 9.17) is 0 Å². The molecule has 0 bridgehead atoms. The molecule has 1 amide bonds. The number of carbonyl (C=O) groups excluding carboxylic acids is 1. The minimum absolute atomic E-state index is 0.176. The first kappa shape index (κ1) is 14.3. The van der Waals surface area contributed by atoms with Crippen LogP contribution in [0.3, 0.4) is 0 Å². The van der Waals surface area contributed by atoms with Crippen molar-refractivity contribution in [1.29, 1.82) is 0 Å². The van der Waals surface area contributed by atoms with Gasteiger partial charge in [0.05, 0.1) is 6.54 Å². The number of halogens is 1. The quantitative estimate of drug-likeness (QED) is 0.896. The van der Waals surface area contributed by atoms with E-state index in [0.717, 1.165) is 9.35 Å². The third kappa shape index (κ3) is 3.26. The Hall–Kier alpha value is -1.11. The molecule has 0 radical (unpaired) electrons. The van der Waals surface area contributed by atoms with E-state index < -0.39 is 5.60 Å².